The molecule has 0 aliphatic carbocycles. The number of hydrogen-bond donors (Lipinski definition) is 1. The Bertz CT molecular complexity index is 687. The van der Waals surface area contributed by atoms with Gasteiger partial charge in [-0.1, -0.05) is 24.3 Å². The van der Waals surface area contributed by atoms with Crippen LogP contribution in [0.4, 0.5) is 0 Å². The van der Waals surface area contributed by atoms with Crippen molar-refractivity contribution in [3.8, 4) is 0 Å². The number of nitrogens with zero attached hydrogens (tertiary/aromatic N) is 2. The van der Waals surface area contributed by atoms with Gasteiger partial charge in [0.2, 0.25) is 0 Å². The van der Waals surface area contributed by atoms with Crippen LogP contribution >= 0.6 is 11.8 Å². The van der Waals surface area contributed by atoms with Gasteiger partial charge in [0, 0.05) is 37.7 Å². The molecule has 1 aromatic heterocycles. The molecule has 4 rings (SSSR count). The summed E-state index contributed by atoms with van der Waals surface area (Å²) in [5, 5.41) is 8.22. The van der Waals surface area contributed by atoms with Crippen LogP contribution in [0.25, 0.3) is 0 Å². The van der Waals surface area contributed by atoms with Crippen LogP contribution in [0, 0.1) is 0 Å². The monoisotopic (exact) mass is 343 g/mol. The molecule has 2 aliphatic heterocycles. The Morgan fingerprint density at radius 3 is 3.08 bits per heavy atom. The molecule has 0 bridgehead atoms. The Balaban J connectivity index is 1.48. The average Bonchev–Trinajstić information content (AvgIpc) is 2.94. The lowest BCUT2D eigenvalue weighted by molar-refractivity contribution is -0.00580. The zero-order valence-corrected chi connectivity index (χ0v) is 15.0. The van der Waals surface area contributed by atoms with Gasteiger partial charge in [-0.2, -0.15) is 16.9 Å². The Labute approximate surface area is 148 Å². The van der Waals surface area contributed by atoms with Crippen molar-refractivity contribution >= 4 is 11.8 Å². The molecule has 3 heterocycles. The summed E-state index contributed by atoms with van der Waals surface area (Å²) < 4.78 is 7.95. The Kier molecular flexibility index (Phi) is 4.92. The summed E-state index contributed by atoms with van der Waals surface area (Å²) in [5.74, 6) is 2.38. The number of aromatic nitrogens is 2. The summed E-state index contributed by atoms with van der Waals surface area (Å²) >= 11 is 2.06. The lowest BCUT2D eigenvalue weighted by atomic mass is 9.96. The molecule has 24 heavy (non-hydrogen) atoms. The summed E-state index contributed by atoms with van der Waals surface area (Å²) in [6.45, 7) is 0.815. The van der Waals surface area contributed by atoms with E-state index in [-0.39, 0.29) is 6.10 Å². The summed E-state index contributed by atoms with van der Waals surface area (Å²) in [4.78, 5) is 0. The van der Waals surface area contributed by atoms with Crippen LogP contribution in [-0.4, -0.2) is 33.9 Å². The first-order valence-corrected chi connectivity index (χ1v) is 9.98. The highest BCUT2D eigenvalue weighted by atomic mass is 32.2. The van der Waals surface area contributed by atoms with Gasteiger partial charge in [-0.15, -0.1) is 0 Å². The number of benzene rings is 1. The molecule has 1 N–H and O–H groups in total. The molecule has 1 saturated heterocycles. The maximum atomic E-state index is 6.01. The van der Waals surface area contributed by atoms with Gasteiger partial charge in [0.25, 0.3) is 0 Å². The number of nitrogens with one attached hydrogen (secondary N) is 1. The third-order valence-electron chi connectivity index (χ3n) is 5.14. The third-order valence-corrected chi connectivity index (χ3v) is 6.20. The average molecular weight is 343 g/mol. The Hall–Kier alpha value is -1.30. The van der Waals surface area contributed by atoms with Crippen LogP contribution < -0.4 is 5.32 Å². The summed E-state index contributed by atoms with van der Waals surface area (Å²) in [6.07, 6.45) is 5.29. The molecule has 128 valence electrons. The SMILES string of the molecule is Cn1nccc1C1CC(NC2CSCCc3ccccc32)CCO1. The molecular formula is C19H25N3OS. The van der Waals surface area contributed by atoms with Crippen molar-refractivity contribution in [1.82, 2.24) is 15.1 Å². The van der Waals surface area contributed by atoms with E-state index in [4.69, 9.17) is 4.74 Å². The fourth-order valence-electron chi connectivity index (χ4n) is 3.85. The van der Waals surface area contributed by atoms with Crippen LogP contribution in [0.1, 0.15) is 41.8 Å². The van der Waals surface area contributed by atoms with E-state index in [1.165, 1.54) is 29.0 Å². The smallest absolute Gasteiger partial charge is 0.101 e. The lowest BCUT2D eigenvalue weighted by Gasteiger charge is -2.33. The molecule has 0 spiro atoms. The standard InChI is InChI=1S/C19H25N3OS/c1-22-18(6-9-20-22)19-12-15(7-10-23-19)21-17-13-24-11-8-14-4-2-3-5-16(14)17/h2-6,9,15,17,19,21H,7-8,10-13H2,1H3. The predicted molar refractivity (Wildman–Crippen MR) is 98.3 cm³/mol. The van der Waals surface area contributed by atoms with Crippen molar-refractivity contribution < 1.29 is 4.74 Å². The molecule has 0 amide bonds. The number of fused-ring (bicyclic) bond motifs is 1. The number of ether oxygens (including phenoxy) is 1. The highest BCUT2D eigenvalue weighted by Gasteiger charge is 2.28. The van der Waals surface area contributed by atoms with Gasteiger partial charge >= 0.3 is 0 Å². The number of rotatable bonds is 3. The van der Waals surface area contributed by atoms with E-state index < -0.39 is 0 Å². The predicted octanol–water partition coefficient (Wildman–Crippen LogP) is 3.26. The van der Waals surface area contributed by atoms with E-state index in [1.807, 2.05) is 17.9 Å². The van der Waals surface area contributed by atoms with Crippen LogP contribution in [-0.2, 0) is 18.2 Å². The molecule has 2 aromatic rings. The van der Waals surface area contributed by atoms with Crippen molar-refractivity contribution in [2.75, 3.05) is 18.1 Å². The number of hydrogen-bond acceptors (Lipinski definition) is 4. The van der Waals surface area contributed by atoms with Crippen LogP contribution in [0.15, 0.2) is 36.5 Å². The van der Waals surface area contributed by atoms with Gasteiger partial charge in [0.15, 0.2) is 0 Å². The minimum Gasteiger partial charge on any atom is -0.372 e. The van der Waals surface area contributed by atoms with E-state index >= 15 is 0 Å². The summed E-state index contributed by atoms with van der Waals surface area (Å²) in [6, 6.07) is 11.9. The number of aryl methyl sites for hydroxylation is 2. The summed E-state index contributed by atoms with van der Waals surface area (Å²) in [7, 11) is 1.99. The second-order valence-electron chi connectivity index (χ2n) is 6.70. The van der Waals surface area contributed by atoms with E-state index in [0.717, 1.165) is 25.2 Å². The second kappa shape index (κ2) is 7.30. The fourth-order valence-corrected chi connectivity index (χ4v) is 4.89. The minimum atomic E-state index is 0.150. The highest BCUT2D eigenvalue weighted by Crippen LogP contribution is 2.32. The largest absolute Gasteiger partial charge is 0.372 e. The van der Waals surface area contributed by atoms with Gasteiger partial charge in [0.1, 0.15) is 6.10 Å². The number of thioether (sulfide) groups is 1. The molecule has 4 nitrogen and oxygen atoms in total. The lowest BCUT2D eigenvalue weighted by Crippen LogP contribution is -2.39. The normalized spacial score (nSPS) is 27.5. The maximum absolute atomic E-state index is 6.01. The maximum Gasteiger partial charge on any atom is 0.101 e. The van der Waals surface area contributed by atoms with Crippen molar-refractivity contribution in [3.05, 3.63) is 53.3 Å². The molecule has 3 unspecified atom stereocenters. The Morgan fingerprint density at radius 1 is 1.29 bits per heavy atom. The first-order valence-electron chi connectivity index (χ1n) is 8.82. The second-order valence-corrected chi connectivity index (χ2v) is 7.85. The van der Waals surface area contributed by atoms with Gasteiger partial charge < -0.3 is 10.1 Å². The fraction of sp³-hybridized carbons (Fsp3) is 0.526. The first kappa shape index (κ1) is 16.2. The van der Waals surface area contributed by atoms with Gasteiger partial charge in [0.05, 0.1) is 5.69 Å². The highest BCUT2D eigenvalue weighted by molar-refractivity contribution is 7.99. The van der Waals surface area contributed by atoms with Gasteiger partial charge in [-0.25, -0.2) is 0 Å². The van der Waals surface area contributed by atoms with Crippen molar-refractivity contribution in [2.45, 2.75) is 37.5 Å². The molecular weight excluding hydrogens is 318 g/mol. The topological polar surface area (TPSA) is 39.1 Å². The van der Waals surface area contributed by atoms with Crippen molar-refractivity contribution in [1.29, 1.82) is 0 Å². The van der Waals surface area contributed by atoms with Crippen LogP contribution in [0.2, 0.25) is 0 Å². The quantitative estimate of drug-likeness (QED) is 0.928. The van der Waals surface area contributed by atoms with Gasteiger partial charge in [-0.05, 0) is 42.2 Å². The zero-order valence-electron chi connectivity index (χ0n) is 14.1. The third kappa shape index (κ3) is 3.39. The van der Waals surface area contributed by atoms with E-state index in [9.17, 15) is 0 Å². The molecule has 1 fully saturated rings. The van der Waals surface area contributed by atoms with Crippen LogP contribution in [0.3, 0.4) is 0 Å². The molecule has 0 radical (unpaired) electrons. The molecule has 2 aliphatic rings. The van der Waals surface area contributed by atoms with E-state index in [0.29, 0.717) is 12.1 Å². The summed E-state index contributed by atoms with van der Waals surface area (Å²) in [5.41, 5.74) is 4.18. The molecule has 3 atom stereocenters. The first-order chi connectivity index (χ1) is 11.8. The minimum absolute atomic E-state index is 0.150. The molecule has 5 heteroatoms. The van der Waals surface area contributed by atoms with E-state index in [1.54, 1.807) is 0 Å². The van der Waals surface area contributed by atoms with Crippen LogP contribution in [0.5, 0.6) is 0 Å². The van der Waals surface area contributed by atoms with Gasteiger partial charge in [-0.3, -0.25) is 4.68 Å². The van der Waals surface area contributed by atoms with Crippen molar-refractivity contribution in [3.63, 3.8) is 0 Å². The zero-order chi connectivity index (χ0) is 16.4. The Morgan fingerprint density at radius 2 is 2.21 bits per heavy atom. The van der Waals surface area contributed by atoms with Crippen molar-refractivity contribution in [2.24, 2.45) is 7.05 Å². The molecule has 1 aromatic carbocycles. The molecule has 0 saturated carbocycles. The van der Waals surface area contributed by atoms with E-state index in [2.05, 4.69) is 52.5 Å².